The maximum absolute atomic E-state index is 12.5. The van der Waals surface area contributed by atoms with Crippen molar-refractivity contribution in [3.05, 3.63) is 77.5 Å². The van der Waals surface area contributed by atoms with Crippen LogP contribution in [0, 0.1) is 6.92 Å². The number of thiazole rings is 1. The predicted octanol–water partition coefficient (Wildman–Crippen LogP) is 6.34. The fourth-order valence-corrected chi connectivity index (χ4v) is 3.48. The molecule has 0 aliphatic carbocycles. The molecule has 1 N–H and O–H groups in total. The number of carbonyl (C=O) groups excluding carboxylic acids is 1. The van der Waals surface area contributed by atoms with Gasteiger partial charge < -0.3 is 5.32 Å². The van der Waals surface area contributed by atoms with Gasteiger partial charge in [-0.05, 0) is 18.2 Å². The van der Waals surface area contributed by atoms with Crippen LogP contribution in [-0.2, 0) is 10.5 Å². The Kier molecular flexibility index (Phi) is 10.4. The van der Waals surface area contributed by atoms with Crippen molar-refractivity contribution >= 4 is 29.5 Å². The number of carbonyl (C=O) groups is 1. The second-order valence-corrected chi connectivity index (χ2v) is 8.39. The van der Waals surface area contributed by atoms with Crippen LogP contribution in [0.25, 0.3) is 10.6 Å². The highest BCUT2D eigenvalue weighted by Crippen LogP contribution is 2.26. The van der Waals surface area contributed by atoms with Crippen LogP contribution in [0.3, 0.4) is 0 Å². The first-order valence-corrected chi connectivity index (χ1v) is 10.4. The Labute approximate surface area is 173 Å². The van der Waals surface area contributed by atoms with Gasteiger partial charge in [-0.3, -0.25) is 4.79 Å². The second kappa shape index (κ2) is 12.3. The van der Waals surface area contributed by atoms with Crippen LogP contribution in [0.2, 0.25) is 0 Å². The van der Waals surface area contributed by atoms with Crippen LogP contribution in [0.1, 0.15) is 25.1 Å². The lowest BCUT2D eigenvalue weighted by Crippen LogP contribution is -2.11. The highest BCUT2D eigenvalue weighted by molar-refractivity contribution is 7.99. The van der Waals surface area contributed by atoms with Crippen molar-refractivity contribution in [1.29, 1.82) is 0 Å². The number of aromatic nitrogens is 1. The molecule has 28 heavy (non-hydrogen) atoms. The van der Waals surface area contributed by atoms with Crippen molar-refractivity contribution in [3.8, 4) is 10.6 Å². The summed E-state index contributed by atoms with van der Waals surface area (Å²) < 4.78 is 24.7. The molecule has 0 spiro atoms. The van der Waals surface area contributed by atoms with Crippen LogP contribution in [0.4, 0.5) is 8.78 Å². The number of allylic oxidation sites excluding steroid dienone is 3. The molecule has 0 saturated heterocycles. The zero-order valence-electron chi connectivity index (χ0n) is 16.2. The SMILES string of the molecule is C=C/C(F)=C(/NC=O)C(=C)F.Cc1ccc(-c2nc(CSC(C)C)cs2)cc1. The van der Waals surface area contributed by atoms with E-state index in [1.54, 1.807) is 11.3 Å². The fraction of sp³-hybridized carbons (Fsp3) is 0.238. The van der Waals surface area contributed by atoms with Gasteiger partial charge in [-0.25, -0.2) is 13.8 Å². The summed E-state index contributed by atoms with van der Waals surface area (Å²) in [6, 6.07) is 8.57. The van der Waals surface area contributed by atoms with E-state index in [4.69, 9.17) is 0 Å². The van der Waals surface area contributed by atoms with E-state index in [-0.39, 0.29) is 6.41 Å². The van der Waals surface area contributed by atoms with Crippen molar-refractivity contribution in [2.75, 3.05) is 0 Å². The average molecular weight is 423 g/mol. The first-order valence-electron chi connectivity index (χ1n) is 8.48. The van der Waals surface area contributed by atoms with Gasteiger partial charge in [0.1, 0.15) is 22.4 Å². The Hall–Kier alpha value is -2.25. The molecule has 3 nitrogen and oxygen atoms in total. The van der Waals surface area contributed by atoms with Crippen LogP contribution < -0.4 is 5.32 Å². The zero-order chi connectivity index (χ0) is 21.1. The molecular formula is C21H24F2N2OS2. The van der Waals surface area contributed by atoms with Crippen molar-refractivity contribution in [3.63, 3.8) is 0 Å². The van der Waals surface area contributed by atoms with Crippen LogP contribution >= 0.6 is 23.1 Å². The van der Waals surface area contributed by atoms with E-state index in [1.807, 2.05) is 17.1 Å². The largest absolute Gasteiger partial charge is 0.324 e. The number of benzene rings is 1. The van der Waals surface area contributed by atoms with Gasteiger partial charge in [0.25, 0.3) is 0 Å². The molecule has 0 bridgehead atoms. The molecule has 0 aliphatic heterocycles. The molecule has 0 unspecified atom stereocenters. The van der Waals surface area contributed by atoms with E-state index in [0.717, 1.165) is 16.8 Å². The second-order valence-electron chi connectivity index (χ2n) is 5.96. The molecular weight excluding hydrogens is 398 g/mol. The van der Waals surface area contributed by atoms with Crippen LogP contribution in [0.15, 0.2) is 66.2 Å². The third-order valence-corrected chi connectivity index (χ3v) is 5.38. The summed E-state index contributed by atoms with van der Waals surface area (Å²) in [5, 5.41) is 5.78. The van der Waals surface area contributed by atoms with Gasteiger partial charge in [0.2, 0.25) is 6.41 Å². The lowest BCUT2D eigenvalue weighted by Gasteiger charge is -2.01. The lowest BCUT2D eigenvalue weighted by atomic mass is 10.2. The number of nitrogens with one attached hydrogen (secondary N) is 1. The topological polar surface area (TPSA) is 42.0 Å². The molecule has 1 amide bonds. The number of aryl methyl sites for hydroxylation is 1. The van der Waals surface area contributed by atoms with Gasteiger partial charge in [0, 0.05) is 16.7 Å². The van der Waals surface area contributed by atoms with Gasteiger partial charge >= 0.3 is 0 Å². The number of nitrogens with zero attached hydrogens (tertiary/aromatic N) is 1. The molecule has 1 aromatic carbocycles. The minimum absolute atomic E-state index is 0.156. The highest BCUT2D eigenvalue weighted by Gasteiger charge is 2.06. The molecule has 1 aromatic heterocycles. The standard InChI is InChI=1S/C14H17NS2.C7H7F2NO/c1-10(2)16-8-13-9-17-14(15-13)12-6-4-11(3)5-7-12;1-3-6(9)7(5(2)8)10-4-11/h4-7,9-10H,8H2,1-3H3;3-4H,1-2H2,(H,10,11)/b;7-6-. The van der Waals surface area contributed by atoms with E-state index in [9.17, 15) is 13.6 Å². The molecule has 0 saturated carbocycles. The normalized spacial score (nSPS) is 11.2. The third-order valence-electron chi connectivity index (χ3n) is 3.31. The fourth-order valence-electron chi connectivity index (χ4n) is 1.89. The Balaban J connectivity index is 0.000000311. The first kappa shape index (κ1) is 23.8. The molecule has 0 atom stereocenters. The number of thioether (sulfide) groups is 1. The summed E-state index contributed by atoms with van der Waals surface area (Å²) in [5.74, 6) is -0.987. The Morgan fingerprint density at radius 3 is 2.46 bits per heavy atom. The molecule has 2 rings (SSSR count). The molecule has 150 valence electrons. The van der Waals surface area contributed by atoms with Gasteiger partial charge in [-0.2, -0.15) is 11.8 Å². The predicted molar refractivity (Wildman–Crippen MR) is 116 cm³/mol. The van der Waals surface area contributed by atoms with Gasteiger partial charge in [0.05, 0.1) is 5.69 Å². The van der Waals surface area contributed by atoms with E-state index >= 15 is 0 Å². The highest BCUT2D eigenvalue weighted by atomic mass is 32.2. The molecule has 0 radical (unpaired) electrons. The maximum atomic E-state index is 12.5. The molecule has 1 heterocycles. The first-order chi connectivity index (χ1) is 13.3. The minimum atomic E-state index is -1.05. The quantitative estimate of drug-likeness (QED) is 0.398. The van der Waals surface area contributed by atoms with E-state index < -0.39 is 17.4 Å². The maximum Gasteiger partial charge on any atom is 0.211 e. The van der Waals surface area contributed by atoms with Crippen molar-refractivity contribution < 1.29 is 13.6 Å². The van der Waals surface area contributed by atoms with Gasteiger partial charge in [-0.1, -0.05) is 56.8 Å². The van der Waals surface area contributed by atoms with Crippen molar-refractivity contribution in [2.45, 2.75) is 31.8 Å². The Bertz CT molecular complexity index is 827. The minimum Gasteiger partial charge on any atom is -0.324 e. The summed E-state index contributed by atoms with van der Waals surface area (Å²) in [6.07, 6.45) is 0.930. The van der Waals surface area contributed by atoms with Crippen molar-refractivity contribution in [2.24, 2.45) is 0 Å². The number of hydrogen-bond acceptors (Lipinski definition) is 4. The lowest BCUT2D eigenvalue weighted by molar-refractivity contribution is -0.109. The smallest absolute Gasteiger partial charge is 0.211 e. The van der Waals surface area contributed by atoms with Gasteiger partial charge in [-0.15, -0.1) is 11.3 Å². The summed E-state index contributed by atoms with van der Waals surface area (Å²) in [7, 11) is 0. The Morgan fingerprint density at radius 2 is 1.96 bits per heavy atom. The molecule has 0 fully saturated rings. The van der Waals surface area contributed by atoms with Crippen LogP contribution in [-0.4, -0.2) is 16.6 Å². The van der Waals surface area contributed by atoms with Crippen molar-refractivity contribution in [1.82, 2.24) is 10.3 Å². The molecule has 2 aromatic rings. The average Bonchev–Trinajstić information content (AvgIpc) is 3.13. The zero-order valence-corrected chi connectivity index (χ0v) is 17.8. The summed E-state index contributed by atoms with van der Waals surface area (Å²) in [6.45, 7) is 12.4. The summed E-state index contributed by atoms with van der Waals surface area (Å²) >= 11 is 3.68. The summed E-state index contributed by atoms with van der Waals surface area (Å²) in [4.78, 5) is 14.5. The monoisotopic (exact) mass is 422 g/mol. The number of halogens is 2. The molecule has 7 heteroatoms. The van der Waals surface area contributed by atoms with Gasteiger partial charge in [0.15, 0.2) is 0 Å². The van der Waals surface area contributed by atoms with E-state index in [1.165, 1.54) is 16.8 Å². The number of hydrogen-bond donors (Lipinski definition) is 1. The van der Waals surface area contributed by atoms with E-state index in [2.05, 4.69) is 68.6 Å². The number of rotatable bonds is 8. The molecule has 0 aliphatic rings. The Morgan fingerprint density at radius 1 is 1.32 bits per heavy atom. The number of amides is 1. The summed E-state index contributed by atoms with van der Waals surface area (Å²) in [5.41, 5.74) is 3.13. The van der Waals surface area contributed by atoms with Crippen LogP contribution in [0.5, 0.6) is 0 Å². The third kappa shape index (κ3) is 8.19. The van der Waals surface area contributed by atoms with E-state index in [0.29, 0.717) is 5.25 Å².